The van der Waals surface area contributed by atoms with Gasteiger partial charge >= 0.3 is 7.82 Å². The van der Waals surface area contributed by atoms with Crippen LogP contribution in [-0.2, 0) is 4.57 Å². The molecule has 0 unspecified atom stereocenters. The molecule has 0 fully saturated rings. The molecule has 0 aliphatic heterocycles. The lowest BCUT2D eigenvalue weighted by molar-refractivity contribution is 0.191. The highest BCUT2D eigenvalue weighted by Crippen LogP contribution is 2.26. The van der Waals surface area contributed by atoms with Gasteiger partial charge in [0.25, 0.3) is 0 Å². The van der Waals surface area contributed by atoms with Crippen LogP contribution in [0, 0.1) is 5.41 Å². The van der Waals surface area contributed by atoms with Crippen molar-refractivity contribution in [2.45, 2.75) is 0 Å². The molecule has 0 aromatic heterocycles. The fourth-order valence-electron chi connectivity index (χ4n) is 0.234. The number of aliphatic hydroxyl groups excluding tert-OH is 1. The first-order chi connectivity index (χ1) is 6.24. The first kappa shape index (κ1) is 17.9. The molecule has 0 aliphatic rings. The highest BCUT2D eigenvalue weighted by molar-refractivity contribution is 9.10. The number of phosphoric acid groups is 1. The molecule has 0 saturated carbocycles. The molecule has 0 aliphatic carbocycles. The second kappa shape index (κ2) is 8.64. The zero-order valence-electron chi connectivity index (χ0n) is 7.11. The molecular formula is C5H12Br3O5P. The van der Waals surface area contributed by atoms with Crippen molar-refractivity contribution in [2.75, 3.05) is 22.6 Å². The Morgan fingerprint density at radius 3 is 1.21 bits per heavy atom. The van der Waals surface area contributed by atoms with Gasteiger partial charge in [-0.05, 0) is 0 Å². The van der Waals surface area contributed by atoms with Gasteiger partial charge in [-0.2, -0.15) is 0 Å². The van der Waals surface area contributed by atoms with Crippen molar-refractivity contribution in [1.82, 2.24) is 0 Å². The van der Waals surface area contributed by atoms with Crippen LogP contribution in [0.25, 0.3) is 0 Å². The molecule has 0 aromatic carbocycles. The van der Waals surface area contributed by atoms with E-state index in [1.54, 1.807) is 0 Å². The predicted octanol–water partition coefficient (Wildman–Crippen LogP) is 1.22. The Morgan fingerprint density at radius 1 is 1.00 bits per heavy atom. The fourth-order valence-corrected chi connectivity index (χ4v) is 3.55. The van der Waals surface area contributed by atoms with E-state index in [0.29, 0.717) is 0 Å². The molecule has 0 radical (unpaired) electrons. The summed E-state index contributed by atoms with van der Waals surface area (Å²) in [6.45, 7) is 0.203. The van der Waals surface area contributed by atoms with E-state index in [-0.39, 0.29) is 12.0 Å². The summed E-state index contributed by atoms with van der Waals surface area (Å²) in [5.74, 6) is 0. The van der Waals surface area contributed by atoms with Crippen LogP contribution < -0.4 is 0 Å². The van der Waals surface area contributed by atoms with Gasteiger partial charge in [0.15, 0.2) is 0 Å². The highest BCUT2D eigenvalue weighted by Gasteiger charge is 2.25. The van der Waals surface area contributed by atoms with Crippen LogP contribution in [0.1, 0.15) is 0 Å². The second-order valence-electron chi connectivity index (χ2n) is 2.57. The third-order valence-corrected chi connectivity index (χ3v) is 4.75. The maximum Gasteiger partial charge on any atom is 0.466 e. The average molecular weight is 423 g/mol. The van der Waals surface area contributed by atoms with E-state index in [9.17, 15) is 0 Å². The molecular weight excluding hydrogens is 411 g/mol. The topological polar surface area (TPSA) is 98.0 Å². The van der Waals surface area contributed by atoms with Gasteiger partial charge in [-0.25, -0.2) is 4.57 Å². The molecule has 9 heteroatoms. The van der Waals surface area contributed by atoms with Crippen molar-refractivity contribution < 1.29 is 24.4 Å². The van der Waals surface area contributed by atoms with E-state index in [1.165, 1.54) is 0 Å². The third-order valence-electron chi connectivity index (χ3n) is 1.19. The first-order valence-electron chi connectivity index (χ1n) is 3.31. The van der Waals surface area contributed by atoms with E-state index < -0.39 is 7.82 Å². The van der Waals surface area contributed by atoms with Gasteiger partial charge in [-0.3, -0.25) is 0 Å². The molecule has 0 amide bonds. The Kier molecular flexibility index (Phi) is 11.0. The summed E-state index contributed by atoms with van der Waals surface area (Å²) >= 11 is 10.0. The van der Waals surface area contributed by atoms with Crippen LogP contribution in [0.3, 0.4) is 0 Å². The predicted molar refractivity (Wildman–Crippen MR) is 65.2 cm³/mol. The van der Waals surface area contributed by atoms with Crippen LogP contribution in [-0.4, -0.2) is 42.4 Å². The Hall–Kier alpha value is 1.51. The van der Waals surface area contributed by atoms with E-state index in [4.69, 9.17) is 24.4 Å². The SMILES string of the molecule is O=P(O)(O)O.OCC(CBr)(CBr)CBr. The standard InChI is InChI=1S/C5H9Br3O.H3O4P/c6-1-5(2-7,3-8)4-9;1-5(2,3)4/h9H,1-4H2;(H3,1,2,3,4). The molecule has 0 spiro atoms. The van der Waals surface area contributed by atoms with E-state index in [0.717, 1.165) is 16.0 Å². The molecule has 0 rings (SSSR count). The van der Waals surface area contributed by atoms with Crippen LogP contribution in [0.2, 0.25) is 0 Å². The molecule has 88 valence electrons. The van der Waals surface area contributed by atoms with Crippen molar-refractivity contribution in [2.24, 2.45) is 5.41 Å². The minimum atomic E-state index is -4.64. The largest absolute Gasteiger partial charge is 0.466 e. The smallest absolute Gasteiger partial charge is 0.396 e. The quantitative estimate of drug-likeness (QED) is 0.403. The van der Waals surface area contributed by atoms with Gasteiger partial charge in [0, 0.05) is 21.4 Å². The first-order valence-corrected chi connectivity index (χ1v) is 8.24. The van der Waals surface area contributed by atoms with Gasteiger partial charge < -0.3 is 19.8 Å². The zero-order valence-corrected chi connectivity index (χ0v) is 12.8. The van der Waals surface area contributed by atoms with Gasteiger partial charge in [0.05, 0.1) is 6.61 Å². The molecule has 14 heavy (non-hydrogen) atoms. The van der Waals surface area contributed by atoms with Crippen LogP contribution in [0.15, 0.2) is 0 Å². The van der Waals surface area contributed by atoms with E-state index in [1.807, 2.05) is 0 Å². The number of halogens is 3. The normalized spacial score (nSPS) is 11.9. The molecule has 0 atom stereocenters. The minimum Gasteiger partial charge on any atom is -0.396 e. The number of rotatable bonds is 4. The van der Waals surface area contributed by atoms with Gasteiger partial charge in [0.2, 0.25) is 0 Å². The van der Waals surface area contributed by atoms with Crippen LogP contribution in [0.5, 0.6) is 0 Å². The average Bonchev–Trinajstić information content (AvgIpc) is 2.07. The summed E-state index contributed by atoms with van der Waals surface area (Å²) in [4.78, 5) is 21.6. The number of alkyl halides is 3. The highest BCUT2D eigenvalue weighted by atomic mass is 79.9. The van der Waals surface area contributed by atoms with E-state index in [2.05, 4.69) is 47.8 Å². The van der Waals surface area contributed by atoms with Gasteiger partial charge in [0.1, 0.15) is 0 Å². The molecule has 0 aromatic rings. The van der Waals surface area contributed by atoms with Gasteiger partial charge in [-0.1, -0.05) is 47.8 Å². The van der Waals surface area contributed by atoms with Gasteiger partial charge in [-0.15, -0.1) is 0 Å². The summed E-state index contributed by atoms with van der Waals surface area (Å²) in [6.07, 6.45) is 0. The lowest BCUT2D eigenvalue weighted by atomic mass is 9.98. The number of hydrogen-bond donors (Lipinski definition) is 4. The summed E-state index contributed by atoms with van der Waals surface area (Å²) in [5.41, 5.74) is -0.0278. The summed E-state index contributed by atoms with van der Waals surface area (Å²) in [6, 6.07) is 0. The number of aliphatic hydroxyl groups is 1. The monoisotopic (exact) mass is 420 g/mol. The Bertz CT molecular complexity index is 154. The lowest BCUT2D eigenvalue weighted by Crippen LogP contribution is -2.30. The van der Waals surface area contributed by atoms with Crippen molar-refractivity contribution in [1.29, 1.82) is 0 Å². The molecule has 0 bridgehead atoms. The Labute approximate surface area is 108 Å². The van der Waals surface area contributed by atoms with Crippen molar-refractivity contribution in [3.05, 3.63) is 0 Å². The fraction of sp³-hybridized carbons (Fsp3) is 1.00. The van der Waals surface area contributed by atoms with E-state index >= 15 is 0 Å². The van der Waals surface area contributed by atoms with Crippen LogP contribution in [0.4, 0.5) is 0 Å². The molecule has 4 N–H and O–H groups in total. The van der Waals surface area contributed by atoms with Crippen molar-refractivity contribution in [3.63, 3.8) is 0 Å². The second-order valence-corrected chi connectivity index (χ2v) is 5.28. The molecule has 0 heterocycles. The third kappa shape index (κ3) is 11.6. The summed E-state index contributed by atoms with van der Waals surface area (Å²) in [7, 11) is -4.64. The maximum atomic E-state index is 8.89. The maximum absolute atomic E-state index is 8.89. The Balaban J connectivity index is 0. The number of hydrogen-bond acceptors (Lipinski definition) is 2. The molecule has 5 nitrogen and oxygen atoms in total. The van der Waals surface area contributed by atoms with Crippen LogP contribution >= 0.6 is 55.6 Å². The minimum absolute atomic E-state index is 0.0278. The lowest BCUT2D eigenvalue weighted by Gasteiger charge is -2.23. The summed E-state index contributed by atoms with van der Waals surface area (Å²) < 4.78 is 8.88. The summed E-state index contributed by atoms with van der Waals surface area (Å²) in [5, 5.41) is 11.3. The van der Waals surface area contributed by atoms with Crippen molar-refractivity contribution >= 4 is 55.6 Å². The van der Waals surface area contributed by atoms with Crippen molar-refractivity contribution in [3.8, 4) is 0 Å². The molecule has 0 saturated heterocycles. The zero-order chi connectivity index (χ0) is 11.8. The Morgan fingerprint density at radius 2 is 1.21 bits per heavy atom.